The second-order valence-corrected chi connectivity index (χ2v) is 14.4. The van der Waals surface area contributed by atoms with Crippen LogP contribution in [0.2, 0.25) is 10.0 Å². The Kier molecular flexibility index (Phi) is 11.4. The largest absolute Gasteiger partial charge is 0.459 e. The minimum absolute atomic E-state index is 0.0837. The summed E-state index contributed by atoms with van der Waals surface area (Å²) in [6.07, 6.45) is 0. The quantitative estimate of drug-likeness (QED) is 0.0693. The average molecular weight is 816 g/mol. The van der Waals surface area contributed by atoms with E-state index in [1.54, 1.807) is 19.1 Å². The maximum atomic E-state index is 13.1. The van der Waals surface area contributed by atoms with Crippen molar-refractivity contribution in [1.29, 1.82) is 0 Å². The SMILES string of the molecule is C=C(C)C(=O)OCCOC(=O)c1ccc(-c2nc(-c3ccccc3Cl)n(-n3c(-c4ccccc4Cl)nc(-c4ccccc4)c3-c3ccccc3)c2-c2ccccc2)cc1. The number of carbonyl (C=O) groups excluding carboxylic acids is 2. The van der Waals surface area contributed by atoms with Gasteiger partial charge in [-0.25, -0.2) is 28.9 Å². The number of hydrogen-bond acceptors (Lipinski definition) is 6. The number of rotatable bonds is 12. The highest BCUT2D eigenvalue weighted by molar-refractivity contribution is 6.33. The summed E-state index contributed by atoms with van der Waals surface area (Å²) in [5, 5.41) is 1.02. The van der Waals surface area contributed by atoms with Crippen LogP contribution in [0.3, 0.4) is 0 Å². The van der Waals surface area contributed by atoms with Crippen molar-refractivity contribution in [2.75, 3.05) is 13.2 Å². The molecule has 0 unspecified atom stereocenters. The molecule has 0 atom stereocenters. The Bertz CT molecular complexity index is 2800. The zero-order valence-electron chi connectivity index (χ0n) is 31.9. The van der Waals surface area contributed by atoms with Crippen molar-refractivity contribution in [1.82, 2.24) is 19.3 Å². The van der Waals surface area contributed by atoms with Crippen molar-refractivity contribution < 1.29 is 19.1 Å². The van der Waals surface area contributed by atoms with E-state index in [2.05, 4.69) is 28.1 Å². The van der Waals surface area contributed by atoms with E-state index in [0.717, 1.165) is 39.3 Å². The van der Waals surface area contributed by atoms with Crippen LogP contribution in [-0.2, 0) is 14.3 Å². The van der Waals surface area contributed by atoms with E-state index in [9.17, 15) is 9.59 Å². The average Bonchev–Trinajstić information content (AvgIpc) is 3.86. The third-order valence-electron chi connectivity index (χ3n) is 9.57. The van der Waals surface area contributed by atoms with Gasteiger partial charge in [-0.1, -0.05) is 157 Å². The fourth-order valence-corrected chi connectivity index (χ4v) is 7.24. The second kappa shape index (κ2) is 17.2. The van der Waals surface area contributed by atoms with Gasteiger partial charge in [-0.15, -0.1) is 0 Å². The van der Waals surface area contributed by atoms with Gasteiger partial charge in [-0.2, -0.15) is 0 Å². The number of imidazole rings is 2. The highest BCUT2D eigenvalue weighted by atomic mass is 35.5. The minimum atomic E-state index is -0.558. The second-order valence-electron chi connectivity index (χ2n) is 13.6. The molecular weight excluding hydrogens is 779 g/mol. The molecule has 0 aliphatic heterocycles. The monoisotopic (exact) mass is 814 g/mol. The molecule has 0 N–H and O–H groups in total. The zero-order valence-corrected chi connectivity index (χ0v) is 33.4. The number of aromatic nitrogens is 4. The summed E-state index contributed by atoms with van der Waals surface area (Å²) in [6, 6.07) is 52.5. The number of hydrogen-bond donors (Lipinski definition) is 0. The predicted molar refractivity (Wildman–Crippen MR) is 234 cm³/mol. The van der Waals surface area contributed by atoms with Crippen molar-refractivity contribution in [3.63, 3.8) is 0 Å². The molecule has 2 aromatic heterocycles. The highest BCUT2D eigenvalue weighted by Gasteiger charge is 2.30. The van der Waals surface area contributed by atoms with E-state index in [1.165, 1.54) is 0 Å². The van der Waals surface area contributed by atoms with Crippen LogP contribution in [0.1, 0.15) is 17.3 Å². The van der Waals surface area contributed by atoms with Crippen molar-refractivity contribution in [2.45, 2.75) is 6.92 Å². The van der Waals surface area contributed by atoms with Gasteiger partial charge in [-0.3, -0.25) is 0 Å². The van der Waals surface area contributed by atoms with Gasteiger partial charge in [-0.05, 0) is 43.3 Å². The Morgan fingerprint density at radius 1 is 0.525 bits per heavy atom. The number of benzene rings is 6. The summed E-state index contributed by atoms with van der Waals surface area (Å²) < 4.78 is 14.6. The summed E-state index contributed by atoms with van der Waals surface area (Å²) in [4.78, 5) is 35.7. The lowest BCUT2D eigenvalue weighted by Gasteiger charge is -2.21. The van der Waals surface area contributed by atoms with Crippen molar-refractivity contribution >= 4 is 35.1 Å². The van der Waals surface area contributed by atoms with Gasteiger partial charge in [0.25, 0.3) is 0 Å². The molecule has 8 aromatic rings. The normalized spacial score (nSPS) is 11.0. The summed E-state index contributed by atoms with van der Waals surface area (Å²) >= 11 is 14.1. The van der Waals surface area contributed by atoms with E-state index in [0.29, 0.717) is 44.1 Å². The van der Waals surface area contributed by atoms with E-state index in [1.807, 2.05) is 140 Å². The lowest BCUT2D eigenvalue weighted by atomic mass is 10.0. The fraction of sp³-hybridized carbons (Fsp3) is 0.0612. The zero-order chi connectivity index (χ0) is 40.9. The predicted octanol–water partition coefficient (Wildman–Crippen LogP) is 12.0. The summed E-state index contributed by atoms with van der Waals surface area (Å²) in [5.41, 5.74) is 8.29. The summed E-state index contributed by atoms with van der Waals surface area (Å²) in [7, 11) is 0. The molecule has 290 valence electrons. The molecule has 8 rings (SSSR count). The van der Waals surface area contributed by atoms with Crippen LogP contribution < -0.4 is 0 Å². The molecule has 0 spiro atoms. The molecule has 0 aliphatic carbocycles. The molecule has 0 amide bonds. The maximum absolute atomic E-state index is 13.1. The first-order valence-electron chi connectivity index (χ1n) is 18.8. The number of ether oxygens (including phenoxy) is 2. The van der Waals surface area contributed by atoms with Gasteiger partial charge in [0.05, 0.1) is 38.4 Å². The van der Waals surface area contributed by atoms with Gasteiger partial charge in [0.2, 0.25) is 0 Å². The van der Waals surface area contributed by atoms with Gasteiger partial charge in [0, 0.05) is 39.0 Å². The van der Waals surface area contributed by atoms with Crippen LogP contribution in [0.15, 0.2) is 176 Å². The summed E-state index contributed by atoms with van der Waals surface area (Å²) in [6.45, 7) is 4.94. The molecule has 59 heavy (non-hydrogen) atoms. The number of halogens is 2. The van der Waals surface area contributed by atoms with E-state index >= 15 is 0 Å². The number of esters is 2. The van der Waals surface area contributed by atoms with E-state index in [4.69, 9.17) is 42.6 Å². The van der Waals surface area contributed by atoms with Crippen LogP contribution in [0.25, 0.3) is 67.8 Å². The molecule has 0 saturated carbocycles. The van der Waals surface area contributed by atoms with E-state index < -0.39 is 11.9 Å². The Morgan fingerprint density at radius 2 is 0.915 bits per heavy atom. The van der Waals surface area contributed by atoms with E-state index in [-0.39, 0.29) is 18.8 Å². The fourth-order valence-electron chi connectivity index (χ4n) is 6.80. The molecular formula is C49H36Cl2N4O4. The topological polar surface area (TPSA) is 88.2 Å². The van der Waals surface area contributed by atoms with Crippen molar-refractivity contribution in [3.8, 4) is 67.8 Å². The third-order valence-corrected chi connectivity index (χ3v) is 10.2. The lowest BCUT2D eigenvalue weighted by Crippen LogP contribution is -2.16. The van der Waals surface area contributed by atoms with Crippen molar-refractivity contribution in [2.24, 2.45) is 0 Å². The Balaban J connectivity index is 1.40. The molecule has 0 radical (unpaired) electrons. The van der Waals surface area contributed by atoms with Gasteiger partial charge in [0.1, 0.15) is 13.2 Å². The maximum Gasteiger partial charge on any atom is 0.338 e. The van der Waals surface area contributed by atoms with Crippen molar-refractivity contribution in [3.05, 3.63) is 192 Å². The van der Waals surface area contributed by atoms with Crippen LogP contribution in [0.4, 0.5) is 0 Å². The molecule has 0 aliphatic rings. The number of nitrogens with zero attached hydrogens (tertiary/aromatic N) is 4. The minimum Gasteiger partial charge on any atom is -0.459 e. The molecule has 0 saturated heterocycles. The highest BCUT2D eigenvalue weighted by Crippen LogP contribution is 2.44. The molecule has 8 nitrogen and oxygen atoms in total. The first kappa shape index (κ1) is 38.9. The molecule has 0 bridgehead atoms. The Hall–Kier alpha value is -7.00. The number of carbonyl (C=O) groups is 2. The standard InChI is InChI=1S/C49H36Cl2N4O4/c1-32(2)48(56)58-30-31-59-49(57)37-28-26-34(27-29-37)43-45(36-20-10-5-11-21-36)55(47(53-43)39-23-13-15-25-41(39)51)54-44(35-18-8-4-9-19-35)42(33-16-6-3-7-17-33)52-46(54)38-22-12-14-24-40(38)50/h3-29H,1,30-31H2,2H3. The van der Waals surface area contributed by atoms with Gasteiger partial charge < -0.3 is 9.47 Å². The summed E-state index contributed by atoms with van der Waals surface area (Å²) in [5.74, 6) is 0.0174. The van der Waals surface area contributed by atoms with Gasteiger partial charge >= 0.3 is 11.9 Å². The van der Waals surface area contributed by atoms with Gasteiger partial charge in [0.15, 0.2) is 11.6 Å². The Morgan fingerprint density at radius 3 is 1.36 bits per heavy atom. The molecule has 0 fully saturated rings. The molecule has 2 heterocycles. The smallest absolute Gasteiger partial charge is 0.338 e. The van der Waals surface area contributed by atoms with Crippen LogP contribution in [0, 0.1) is 0 Å². The first-order chi connectivity index (χ1) is 28.8. The van der Waals surface area contributed by atoms with Crippen LogP contribution >= 0.6 is 23.2 Å². The van der Waals surface area contributed by atoms with Crippen LogP contribution in [0.5, 0.6) is 0 Å². The Labute approximate surface area is 351 Å². The molecule has 10 heteroatoms. The van der Waals surface area contributed by atoms with Crippen LogP contribution in [-0.4, -0.2) is 44.5 Å². The third kappa shape index (κ3) is 7.96. The lowest BCUT2D eigenvalue weighted by molar-refractivity contribution is -0.140. The molecule has 6 aromatic carbocycles. The first-order valence-corrected chi connectivity index (χ1v) is 19.6.